The number of carbonyl (C=O) groups excluding carboxylic acids is 2. The number of esters is 1. The van der Waals surface area contributed by atoms with E-state index in [0.29, 0.717) is 19.3 Å². The molecular formula is C21H29N5O7S. The SMILES string of the molecule is CCCCN(C(=O)COC(=O)c1cccc(S(=O)(=O)NC)c1)c1c(N)n(CCC)c(=O)[nH]c1=O. The smallest absolute Gasteiger partial charge is 0.338 e. The lowest BCUT2D eigenvalue weighted by molar-refractivity contribution is -0.121. The zero-order chi connectivity index (χ0) is 25.5. The van der Waals surface area contributed by atoms with Crippen molar-refractivity contribution in [1.29, 1.82) is 0 Å². The van der Waals surface area contributed by atoms with Crippen LogP contribution in [0, 0.1) is 0 Å². The first-order valence-electron chi connectivity index (χ1n) is 10.7. The van der Waals surface area contributed by atoms with Crippen LogP contribution in [0.4, 0.5) is 11.5 Å². The Labute approximate surface area is 196 Å². The van der Waals surface area contributed by atoms with Crippen LogP contribution in [0.3, 0.4) is 0 Å². The second kappa shape index (κ2) is 11.6. The number of aromatic nitrogens is 2. The van der Waals surface area contributed by atoms with Crippen molar-refractivity contribution in [1.82, 2.24) is 14.3 Å². The predicted octanol–water partition coefficient (Wildman–Crippen LogP) is 0.427. The van der Waals surface area contributed by atoms with Crippen LogP contribution in [0.5, 0.6) is 0 Å². The number of nitrogens with zero attached hydrogens (tertiary/aromatic N) is 2. The van der Waals surface area contributed by atoms with Crippen molar-refractivity contribution in [3.63, 3.8) is 0 Å². The molecule has 0 aliphatic rings. The number of aromatic amines is 1. The third-order valence-corrected chi connectivity index (χ3v) is 6.36. The van der Waals surface area contributed by atoms with Crippen molar-refractivity contribution in [3.05, 3.63) is 50.7 Å². The molecule has 1 heterocycles. The summed E-state index contributed by atoms with van der Waals surface area (Å²) >= 11 is 0. The average molecular weight is 496 g/mol. The summed E-state index contributed by atoms with van der Waals surface area (Å²) in [7, 11) is -2.54. The van der Waals surface area contributed by atoms with E-state index in [2.05, 4.69) is 9.71 Å². The van der Waals surface area contributed by atoms with Gasteiger partial charge in [0, 0.05) is 13.1 Å². The number of benzene rings is 1. The average Bonchev–Trinajstić information content (AvgIpc) is 2.81. The Morgan fingerprint density at radius 3 is 2.53 bits per heavy atom. The molecule has 0 atom stereocenters. The van der Waals surface area contributed by atoms with E-state index >= 15 is 0 Å². The molecular weight excluding hydrogens is 466 g/mol. The van der Waals surface area contributed by atoms with Gasteiger partial charge >= 0.3 is 11.7 Å². The Morgan fingerprint density at radius 1 is 1.21 bits per heavy atom. The van der Waals surface area contributed by atoms with Gasteiger partial charge < -0.3 is 15.4 Å². The van der Waals surface area contributed by atoms with Crippen molar-refractivity contribution in [3.8, 4) is 0 Å². The first-order valence-corrected chi connectivity index (χ1v) is 12.2. The number of hydrogen-bond acceptors (Lipinski definition) is 8. The second-order valence-electron chi connectivity index (χ2n) is 7.36. The van der Waals surface area contributed by atoms with Crippen LogP contribution >= 0.6 is 0 Å². The number of sulfonamides is 1. The van der Waals surface area contributed by atoms with Crippen LogP contribution in [0.25, 0.3) is 0 Å². The van der Waals surface area contributed by atoms with Crippen LogP contribution in [-0.2, 0) is 26.1 Å². The summed E-state index contributed by atoms with van der Waals surface area (Å²) in [4.78, 5) is 53.2. The Balaban J connectivity index is 2.31. The van der Waals surface area contributed by atoms with Gasteiger partial charge in [0.25, 0.3) is 11.5 Å². The Hall–Kier alpha value is -3.45. The maximum atomic E-state index is 13.0. The number of amides is 1. The number of rotatable bonds is 11. The van der Waals surface area contributed by atoms with Gasteiger partial charge in [0.05, 0.1) is 10.5 Å². The van der Waals surface area contributed by atoms with Crippen molar-refractivity contribution < 1.29 is 22.7 Å². The Kier molecular flexibility index (Phi) is 9.15. The molecule has 0 radical (unpaired) electrons. The van der Waals surface area contributed by atoms with Crippen LogP contribution in [0.1, 0.15) is 43.5 Å². The first-order chi connectivity index (χ1) is 16.1. The molecule has 2 aromatic rings. The zero-order valence-electron chi connectivity index (χ0n) is 19.3. The monoisotopic (exact) mass is 495 g/mol. The second-order valence-corrected chi connectivity index (χ2v) is 9.24. The number of nitrogen functional groups attached to an aromatic ring is 1. The number of carbonyl (C=O) groups is 2. The Morgan fingerprint density at radius 2 is 1.91 bits per heavy atom. The number of nitrogens with two attached hydrogens (primary N) is 1. The van der Waals surface area contributed by atoms with Gasteiger partial charge in [-0.3, -0.25) is 19.1 Å². The molecule has 4 N–H and O–H groups in total. The van der Waals surface area contributed by atoms with Crippen molar-refractivity contribution in [2.45, 2.75) is 44.6 Å². The number of anilines is 2. The van der Waals surface area contributed by atoms with Crippen LogP contribution in [0.2, 0.25) is 0 Å². The zero-order valence-corrected chi connectivity index (χ0v) is 20.1. The van der Waals surface area contributed by atoms with Crippen molar-refractivity contribution >= 4 is 33.4 Å². The van der Waals surface area contributed by atoms with Gasteiger partial charge in [-0.05, 0) is 38.1 Å². The fourth-order valence-corrected chi connectivity index (χ4v) is 3.93. The largest absolute Gasteiger partial charge is 0.452 e. The van der Waals surface area contributed by atoms with E-state index in [1.54, 1.807) is 0 Å². The highest BCUT2D eigenvalue weighted by molar-refractivity contribution is 7.89. The van der Waals surface area contributed by atoms with Gasteiger partial charge in [0.15, 0.2) is 12.3 Å². The number of ether oxygens (including phenoxy) is 1. The summed E-state index contributed by atoms with van der Waals surface area (Å²) in [6, 6.07) is 5.14. The van der Waals surface area contributed by atoms with Gasteiger partial charge in [-0.1, -0.05) is 26.3 Å². The molecule has 0 fully saturated rings. The molecule has 0 unspecified atom stereocenters. The summed E-state index contributed by atoms with van der Waals surface area (Å²) in [6.07, 6.45) is 1.79. The van der Waals surface area contributed by atoms with Crippen molar-refractivity contribution in [2.24, 2.45) is 0 Å². The molecule has 12 nitrogen and oxygen atoms in total. The summed E-state index contributed by atoms with van der Waals surface area (Å²) < 4.78 is 32.3. The van der Waals surface area contributed by atoms with Gasteiger partial charge in [-0.15, -0.1) is 0 Å². The van der Waals surface area contributed by atoms with Crippen LogP contribution < -0.4 is 26.6 Å². The standard InChI is InChI=1S/C21H29N5O7S/c1-4-6-11-25(17-18(22)26(10-5-2)21(30)24-19(17)28)16(27)13-33-20(29)14-8-7-9-15(12-14)34(31,32)23-3/h7-9,12,23H,4-6,10-11,13,22H2,1-3H3,(H,24,28,30). The third kappa shape index (κ3) is 6.11. The molecule has 1 aromatic heterocycles. The maximum Gasteiger partial charge on any atom is 0.338 e. The minimum Gasteiger partial charge on any atom is -0.452 e. The minimum absolute atomic E-state index is 0.0712. The lowest BCUT2D eigenvalue weighted by Crippen LogP contribution is -2.43. The molecule has 1 amide bonds. The minimum atomic E-state index is -3.78. The molecule has 0 saturated carbocycles. The molecule has 0 bridgehead atoms. The predicted molar refractivity (Wildman–Crippen MR) is 126 cm³/mol. The van der Waals surface area contributed by atoms with E-state index in [9.17, 15) is 27.6 Å². The number of nitrogens with one attached hydrogen (secondary N) is 2. The van der Waals surface area contributed by atoms with E-state index < -0.39 is 39.8 Å². The van der Waals surface area contributed by atoms with Crippen LogP contribution in [-0.4, -0.2) is 50.0 Å². The number of H-pyrrole nitrogens is 1. The highest BCUT2D eigenvalue weighted by atomic mass is 32.2. The fourth-order valence-electron chi connectivity index (χ4n) is 3.16. The molecule has 1 aromatic carbocycles. The molecule has 13 heteroatoms. The van der Waals surface area contributed by atoms with Gasteiger partial charge in [0.2, 0.25) is 10.0 Å². The normalized spacial score (nSPS) is 11.3. The lowest BCUT2D eigenvalue weighted by Gasteiger charge is -2.24. The van der Waals surface area contributed by atoms with Gasteiger partial charge in [-0.2, -0.15) is 0 Å². The molecule has 0 aliphatic carbocycles. The van der Waals surface area contributed by atoms with E-state index in [1.807, 2.05) is 13.8 Å². The summed E-state index contributed by atoms with van der Waals surface area (Å²) in [5.41, 5.74) is 4.31. The summed E-state index contributed by atoms with van der Waals surface area (Å²) in [5, 5.41) is 0. The van der Waals surface area contributed by atoms with E-state index in [1.165, 1.54) is 29.8 Å². The maximum absolute atomic E-state index is 13.0. The van der Waals surface area contributed by atoms with E-state index in [0.717, 1.165) is 11.0 Å². The van der Waals surface area contributed by atoms with Crippen molar-refractivity contribution in [2.75, 3.05) is 30.8 Å². The molecule has 186 valence electrons. The molecule has 0 spiro atoms. The summed E-state index contributed by atoms with van der Waals surface area (Å²) in [6.45, 7) is 3.34. The lowest BCUT2D eigenvalue weighted by atomic mass is 10.2. The van der Waals surface area contributed by atoms with E-state index in [4.69, 9.17) is 10.5 Å². The highest BCUT2D eigenvalue weighted by Crippen LogP contribution is 2.18. The quantitative estimate of drug-likeness (QED) is 0.376. The number of unbranched alkanes of at least 4 members (excludes halogenated alkanes) is 1. The topological polar surface area (TPSA) is 174 Å². The van der Waals surface area contributed by atoms with Gasteiger partial charge in [0.1, 0.15) is 5.82 Å². The number of hydrogen-bond donors (Lipinski definition) is 3. The van der Waals surface area contributed by atoms with Gasteiger partial charge in [-0.25, -0.2) is 22.7 Å². The van der Waals surface area contributed by atoms with Crippen LogP contribution in [0.15, 0.2) is 38.8 Å². The molecule has 0 aliphatic heterocycles. The molecule has 2 rings (SSSR count). The summed E-state index contributed by atoms with van der Waals surface area (Å²) in [5.74, 6) is -1.80. The molecule has 34 heavy (non-hydrogen) atoms. The fraction of sp³-hybridized carbons (Fsp3) is 0.429. The Bertz CT molecular complexity index is 1270. The third-order valence-electron chi connectivity index (χ3n) is 4.94. The highest BCUT2D eigenvalue weighted by Gasteiger charge is 2.25. The molecule has 0 saturated heterocycles. The van der Waals surface area contributed by atoms with E-state index in [-0.39, 0.29) is 35.1 Å². The first kappa shape index (κ1) is 26.8.